The molecule has 0 spiro atoms. The number of hydrogen-bond acceptors (Lipinski definition) is 3. The topological polar surface area (TPSA) is 74.6 Å². The van der Waals surface area contributed by atoms with Crippen molar-refractivity contribution in [2.45, 2.75) is 23.6 Å². The highest BCUT2D eigenvalue weighted by molar-refractivity contribution is 7.99. The monoisotopic (exact) mass is 302 g/mol. The van der Waals surface area contributed by atoms with Crippen LogP contribution < -0.4 is 0 Å². The van der Waals surface area contributed by atoms with Gasteiger partial charge < -0.3 is 10.2 Å². The average Bonchev–Trinajstić information content (AvgIpc) is 2.37. The molecule has 0 aliphatic heterocycles. The van der Waals surface area contributed by atoms with Crippen molar-refractivity contribution in [3.8, 4) is 0 Å². The van der Waals surface area contributed by atoms with Crippen molar-refractivity contribution in [3.05, 3.63) is 58.7 Å². The molecule has 0 unspecified atom stereocenters. The Hall–Kier alpha value is -2.27. The summed E-state index contributed by atoms with van der Waals surface area (Å²) in [6.07, 6.45) is 0. The van der Waals surface area contributed by atoms with E-state index in [1.54, 1.807) is 24.3 Å². The summed E-state index contributed by atoms with van der Waals surface area (Å²) in [5.74, 6) is -1.95. The molecule has 0 fully saturated rings. The maximum absolute atomic E-state index is 11.1. The lowest BCUT2D eigenvalue weighted by Crippen LogP contribution is -1.98. The van der Waals surface area contributed by atoms with Crippen molar-refractivity contribution in [2.24, 2.45) is 0 Å². The molecule has 2 rings (SSSR count). The van der Waals surface area contributed by atoms with Gasteiger partial charge in [0.2, 0.25) is 0 Å². The minimum atomic E-state index is -0.976. The van der Waals surface area contributed by atoms with E-state index in [-0.39, 0.29) is 11.1 Å². The van der Waals surface area contributed by atoms with E-state index in [2.05, 4.69) is 0 Å². The predicted octanol–water partition coefficient (Wildman–Crippen LogP) is 3.85. The highest BCUT2D eigenvalue weighted by Crippen LogP contribution is 2.30. The van der Waals surface area contributed by atoms with Crippen LogP contribution in [0.1, 0.15) is 31.8 Å². The Morgan fingerprint density at radius 2 is 1.14 bits per heavy atom. The third-order valence-electron chi connectivity index (χ3n) is 2.83. The molecule has 0 bridgehead atoms. The zero-order valence-electron chi connectivity index (χ0n) is 11.6. The quantitative estimate of drug-likeness (QED) is 0.897. The molecule has 0 atom stereocenters. The zero-order valence-corrected chi connectivity index (χ0v) is 12.4. The Labute approximate surface area is 126 Å². The van der Waals surface area contributed by atoms with Crippen LogP contribution in [0.3, 0.4) is 0 Å². The third-order valence-corrected chi connectivity index (χ3v) is 3.77. The molecule has 0 aromatic heterocycles. The summed E-state index contributed by atoms with van der Waals surface area (Å²) in [5, 5.41) is 18.1. The summed E-state index contributed by atoms with van der Waals surface area (Å²) in [6.45, 7) is 3.66. The number of carboxylic acid groups (broad SMARTS) is 2. The van der Waals surface area contributed by atoms with E-state index in [1.807, 2.05) is 26.0 Å². The number of hydrogen-bond donors (Lipinski definition) is 2. The highest BCUT2D eigenvalue weighted by atomic mass is 32.2. The van der Waals surface area contributed by atoms with Gasteiger partial charge >= 0.3 is 11.9 Å². The fourth-order valence-corrected chi connectivity index (χ4v) is 3.13. The molecular formula is C16H14O4S. The van der Waals surface area contributed by atoms with Gasteiger partial charge in [0.1, 0.15) is 0 Å². The van der Waals surface area contributed by atoms with Crippen LogP contribution in [-0.4, -0.2) is 22.2 Å². The smallest absolute Gasteiger partial charge is 0.335 e. The van der Waals surface area contributed by atoms with Gasteiger partial charge in [0.15, 0.2) is 0 Å². The van der Waals surface area contributed by atoms with E-state index < -0.39 is 11.9 Å². The molecule has 2 N–H and O–H groups in total. The maximum atomic E-state index is 11.1. The van der Waals surface area contributed by atoms with Crippen LogP contribution in [-0.2, 0) is 0 Å². The lowest BCUT2D eigenvalue weighted by atomic mass is 10.1. The van der Waals surface area contributed by atoms with E-state index in [9.17, 15) is 9.59 Å². The van der Waals surface area contributed by atoms with Gasteiger partial charge in [0.25, 0.3) is 0 Å². The van der Waals surface area contributed by atoms with Gasteiger partial charge in [-0.3, -0.25) is 0 Å². The molecule has 21 heavy (non-hydrogen) atoms. The van der Waals surface area contributed by atoms with Crippen molar-refractivity contribution < 1.29 is 19.8 Å². The molecule has 108 valence electrons. The first-order chi connectivity index (χ1) is 9.85. The molecule has 0 heterocycles. The summed E-state index contributed by atoms with van der Waals surface area (Å²) in [5.41, 5.74) is 2.15. The van der Waals surface area contributed by atoms with Gasteiger partial charge in [-0.25, -0.2) is 9.59 Å². The third kappa shape index (κ3) is 3.86. The lowest BCUT2D eigenvalue weighted by molar-refractivity contribution is 0.0685. The molecule has 0 aliphatic carbocycles. The van der Waals surface area contributed by atoms with Gasteiger partial charge in [0, 0.05) is 9.79 Å². The van der Waals surface area contributed by atoms with E-state index in [0.29, 0.717) is 0 Å². The fourth-order valence-electron chi connectivity index (χ4n) is 2.00. The van der Waals surface area contributed by atoms with Crippen LogP contribution in [0.25, 0.3) is 0 Å². The number of rotatable bonds is 4. The first-order valence-corrected chi connectivity index (χ1v) is 7.04. The summed E-state index contributed by atoms with van der Waals surface area (Å²) in [6, 6.07) is 10.1. The fraction of sp³-hybridized carbons (Fsp3) is 0.125. The van der Waals surface area contributed by atoms with Crippen LogP contribution in [0.15, 0.2) is 46.2 Å². The second-order valence-electron chi connectivity index (χ2n) is 4.78. The van der Waals surface area contributed by atoms with E-state index in [4.69, 9.17) is 10.2 Å². The number of aryl methyl sites for hydroxylation is 2. The van der Waals surface area contributed by atoms with Gasteiger partial charge in [-0.2, -0.15) is 0 Å². The van der Waals surface area contributed by atoms with E-state index >= 15 is 0 Å². The molecule has 2 aromatic carbocycles. The Bertz CT molecular complexity index is 661. The molecule has 0 saturated carbocycles. The zero-order chi connectivity index (χ0) is 15.6. The van der Waals surface area contributed by atoms with Gasteiger partial charge in [0.05, 0.1) is 11.1 Å². The Morgan fingerprint density at radius 3 is 1.48 bits per heavy atom. The minimum absolute atomic E-state index is 0.226. The largest absolute Gasteiger partial charge is 0.478 e. The summed E-state index contributed by atoms with van der Waals surface area (Å²) in [4.78, 5) is 23.7. The Morgan fingerprint density at radius 1 is 0.762 bits per heavy atom. The van der Waals surface area contributed by atoms with Gasteiger partial charge in [-0.05, 0) is 61.4 Å². The first kappa shape index (κ1) is 15.1. The van der Waals surface area contributed by atoms with Crippen LogP contribution >= 0.6 is 11.8 Å². The summed E-state index contributed by atoms with van der Waals surface area (Å²) in [7, 11) is 0. The van der Waals surface area contributed by atoms with Crippen molar-refractivity contribution in [1.82, 2.24) is 0 Å². The second kappa shape index (κ2) is 6.01. The molecule has 0 aliphatic rings. The number of benzene rings is 2. The molecule has 0 radical (unpaired) electrons. The molecule has 0 amide bonds. The van der Waals surface area contributed by atoms with Crippen molar-refractivity contribution in [2.75, 3.05) is 0 Å². The molecule has 0 saturated heterocycles. The Balaban J connectivity index is 2.38. The maximum Gasteiger partial charge on any atom is 0.335 e. The molecule has 2 aromatic rings. The first-order valence-electron chi connectivity index (χ1n) is 6.23. The van der Waals surface area contributed by atoms with Crippen molar-refractivity contribution in [3.63, 3.8) is 0 Å². The minimum Gasteiger partial charge on any atom is -0.478 e. The summed E-state index contributed by atoms with van der Waals surface area (Å²) < 4.78 is 0. The highest BCUT2D eigenvalue weighted by Gasteiger charge is 2.09. The van der Waals surface area contributed by atoms with Crippen LogP contribution in [0, 0.1) is 13.8 Å². The average molecular weight is 302 g/mol. The normalized spacial score (nSPS) is 10.4. The van der Waals surface area contributed by atoms with Crippen LogP contribution in [0.5, 0.6) is 0 Å². The van der Waals surface area contributed by atoms with Gasteiger partial charge in [-0.15, -0.1) is 0 Å². The van der Waals surface area contributed by atoms with Crippen LogP contribution in [0.4, 0.5) is 0 Å². The van der Waals surface area contributed by atoms with Crippen molar-refractivity contribution >= 4 is 23.7 Å². The molecule has 4 nitrogen and oxygen atoms in total. The molecule has 5 heteroatoms. The molecular weight excluding hydrogens is 288 g/mol. The van der Waals surface area contributed by atoms with Crippen LogP contribution in [0.2, 0.25) is 0 Å². The Kier molecular flexibility index (Phi) is 4.33. The predicted molar refractivity (Wildman–Crippen MR) is 80.4 cm³/mol. The van der Waals surface area contributed by atoms with E-state index in [1.165, 1.54) is 11.8 Å². The van der Waals surface area contributed by atoms with Crippen molar-refractivity contribution in [1.29, 1.82) is 0 Å². The number of carbonyl (C=O) groups is 2. The van der Waals surface area contributed by atoms with Gasteiger partial charge in [-0.1, -0.05) is 11.8 Å². The lowest BCUT2D eigenvalue weighted by Gasteiger charge is -2.07. The van der Waals surface area contributed by atoms with E-state index in [0.717, 1.165) is 20.9 Å². The summed E-state index contributed by atoms with van der Waals surface area (Å²) >= 11 is 1.35. The number of aromatic carboxylic acids is 2. The number of carboxylic acids is 2. The standard InChI is InChI=1S/C16H14O4S/c1-9-3-11(15(17)18)7-13(5-9)21-14-6-10(2)4-12(8-14)16(19)20/h3-8H,1-2H3,(H,17,18)(H,19,20). The second-order valence-corrected chi connectivity index (χ2v) is 5.93. The SMILES string of the molecule is Cc1cc(Sc2cc(C)cc(C(=O)O)c2)cc(C(=O)O)c1.